The van der Waals surface area contributed by atoms with E-state index in [2.05, 4.69) is 72.3 Å². The zero-order valence-electron chi connectivity index (χ0n) is 12.8. The van der Waals surface area contributed by atoms with Crippen molar-refractivity contribution in [1.82, 2.24) is 0 Å². The number of halogens is 1. The Morgan fingerprint density at radius 3 is 2.19 bits per heavy atom. The van der Waals surface area contributed by atoms with Crippen LogP contribution in [0.3, 0.4) is 0 Å². The zero-order valence-corrected chi connectivity index (χ0v) is 14.4. The summed E-state index contributed by atoms with van der Waals surface area (Å²) >= 11 is 3.50. The average Bonchev–Trinajstić information content (AvgIpc) is 2.54. The van der Waals surface area contributed by atoms with Crippen LogP contribution in [0.15, 0.2) is 59.1 Å². The van der Waals surface area contributed by atoms with E-state index in [1.807, 2.05) is 12.1 Å². The van der Waals surface area contributed by atoms with Gasteiger partial charge in [-0.1, -0.05) is 53.2 Å². The predicted octanol–water partition coefficient (Wildman–Crippen LogP) is 6.05. The zero-order chi connectivity index (χ0) is 15.2. The summed E-state index contributed by atoms with van der Waals surface area (Å²) in [4.78, 5) is 0. The Hall–Kier alpha value is -1.54. The number of ether oxygens (including phenoxy) is 1. The number of methoxy groups -OCH3 is 1. The van der Waals surface area contributed by atoms with E-state index in [1.165, 1.54) is 16.7 Å². The van der Waals surface area contributed by atoms with Crippen LogP contribution in [0.4, 0.5) is 0 Å². The molecule has 2 aromatic rings. The van der Waals surface area contributed by atoms with Crippen LogP contribution < -0.4 is 4.74 Å². The second-order valence-corrected chi connectivity index (χ2v) is 5.90. The molecule has 0 fully saturated rings. The lowest BCUT2D eigenvalue weighted by atomic mass is 9.85. The highest BCUT2D eigenvalue weighted by Gasteiger charge is 2.16. The molecule has 0 radical (unpaired) electrons. The van der Waals surface area contributed by atoms with Crippen LogP contribution in [0.25, 0.3) is 5.57 Å². The molecule has 0 aliphatic heterocycles. The molecule has 0 saturated carbocycles. The molecule has 0 aliphatic rings. The van der Waals surface area contributed by atoms with Gasteiger partial charge in [-0.2, -0.15) is 0 Å². The van der Waals surface area contributed by atoms with Crippen molar-refractivity contribution in [2.24, 2.45) is 0 Å². The summed E-state index contributed by atoms with van der Waals surface area (Å²) in [6, 6.07) is 16.9. The molecule has 0 saturated heterocycles. The Balaban J connectivity index is 2.35. The lowest BCUT2D eigenvalue weighted by Gasteiger charge is -2.20. The van der Waals surface area contributed by atoms with E-state index in [1.54, 1.807) is 7.11 Å². The van der Waals surface area contributed by atoms with Crippen LogP contribution in [0.1, 0.15) is 37.3 Å². The smallest absolute Gasteiger partial charge is 0.118 e. The molecule has 0 N–H and O–H groups in total. The minimum absolute atomic E-state index is 0.413. The van der Waals surface area contributed by atoms with Crippen LogP contribution in [0, 0.1) is 0 Å². The molecular formula is C19H21BrO. The standard InChI is InChI=1S/C19H21BrO/c1-4-18(14-6-10-16(20)11-7-14)19(5-2)15-8-12-17(21-3)13-9-15/h5-13,18H,4H2,1-3H3/b19-5-/t18-/m1/s1. The summed E-state index contributed by atoms with van der Waals surface area (Å²) in [6.45, 7) is 4.35. The van der Waals surface area contributed by atoms with E-state index in [4.69, 9.17) is 4.74 Å². The van der Waals surface area contributed by atoms with Gasteiger partial charge >= 0.3 is 0 Å². The first kappa shape index (κ1) is 15.8. The van der Waals surface area contributed by atoms with Crippen LogP contribution in [0.2, 0.25) is 0 Å². The number of benzene rings is 2. The Labute approximate surface area is 135 Å². The van der Waals surface area contributed by atoms with E-state index in [0.717, 1.165) is 16.6 Å². The first-order valence-electron chi connectivity index (χ1n) is 7.25. The lowest BCUT2D eigenvalue weighted by Crippen LogP contribution is -2.01. The molecule has 0 spiro atoms. The molecule has 0 aliphatic carbocycles. The molecule has 21 heavy (non-hydrogen) atoms. The van der Waals surface area contributed by atoms with Crippen LogP contribution in [0.5, 0.6) is 5.75 Å². The molecule has 110 valence electrons. The summed E-state index contributed by atoms with van der Waals surface area (Å²) in [5.74, 6) is 1.31. The van der Waals surface area contributed by atoms with E-state index < -0.39 is 0 Å². The van der Waals surface area contributed by atoms with Gasteiger partial charge in [0.25, 0.3) is 0 Å². The van der Waals surface area contributed by atoms with Gasteiger partial charge in [-0.3, -0.25) is 0 Å². The van der Waals surface area contributed by atoms with Crippen LogP contribution in [-0.4, -0.2) is 7.11 Å². The molecule has 2 heteroatoms. The molecule has 0 aromatic heterocycles. The normalized spacial score (nSPS) is 13.0. The highest BCUT2D eigenvalue weighted by molar-refractivity contribution is 9.10. The molecule has 0 unspecified atom stereocenters. The molecule has 0 amide bonds. The number of allylic oxidation sites excluding steroid dienone is 2. The topological polar surface area (TPSA) is 9.23 Å². The average molecular weight is 345 g/mol. The Bertz CT molecular complexity index is 596. The van der Waals surface area contributed by atoms with Crippen molar-refractivity contribution in [3.8, 4) is 5.75 Å². The third kappa shape index (κ3) is 3.76. The summed E-state index contributed by atoms with van der Waals surface area (Å²) in [7, 11) is 1.70. The van der Waals surface area contributed by atoms with Crippen molar-refractivity contribution in [3.63, 3.8) is 0 Å². The number of hydrogen-bond donors (Lipinski definition) is 0. The van der Waals surface area contributed by atoms with E-state index in [9.17, 15) is 0 Å². The van der Waals surface area contributed by atoms with Crippen molar-refractivity contribution in [2.45, 2.75) is 26.2 Å². The molecular weight excluding hydrogens is 324 g/mol. The minimum atomic E-state index is 0.413. The number of hydrogen-bond acceptors (Lipinski definition) is 1. The molecule has 2 rings (SSSR count). The van der Waals surface area contributed by atoms with Gasteiger partial charge in [0.2, 0.25) is 0 Å². The first-order chi connectivity index (χ1) is 10.2. The third-order valence-corrected chi connectivity index (χ3v) is 4.32. The van der Waals surface area contributed by atoms with Crippen molar-refractivity contribution in [1.29, 1.82) is 0 Å². The monoisotopic (exact) mass is 344 g/mol. The summed E-state index contributed by atoms with van der Waals surface area (Å²) in [5, 5.41) is 0. The van der Waals surface area contributed by atoms with E-state index >= 15 is 0 Å². The maximum atomic E-state index is 5.24. The Kier molecular flexibility index (Phi) is 5.63. The van der Waals surface area contributed by atoms with Gasteiger partial charge in [0.05, 0.1) is 7.11 Å². The SMILES string of the molecule is C/C=C(/c1ccc(OC)cc1)[C@H](CC)c1ccc(Br)cc1. The molecule has 0 heterocycles. The fourth-order valence-corrected chi connectivity index (χ4v) is 2.95. The van der Waals surface area contributed by atoms with Gasteiger partial charge in [0.15, 0.2) is 0 Å². The van der Waals surface area contributed by atoms with Crippen molar-refractivity contribution < 1.29 is 4.74 Å². The molecule has 1 nitrogen and oxygen atoms in total. The fraction of sp³-hybridized carbons (Fsp3) is 0.263. The van der Waals surface area contributed by atoms with Gasteiger partial charge in [0.1, 0.15) is 5.75 Å². The molecule has 2 aromatic carbocycles. The van der Waals surface area contributed by atoms with Crippen molar-refractivity contribution in [3.05, 3.63) is 70.2 Å². The van der Waals surface area contributed by atoms with Gasteiger partial charge in [0, 0.05) is 10.4 Å². The van der Waals surface area contributed by atoms with Gasteiger partial charge < -0.3 is 4.74 Å². The highest BCUT2D eigenvalue weighted by Crippen LogP contribution is 2.35. The van der Waals surface area contributed by atoms with Gasteiger partial charge in [-0.05, 0) is 54.3 Å². The van der Waals surface area contributed by atoms with E-state index in [0.29, 0.717) is 5.92 Å². The fourth-order valence-electron chi connectivity index (χ4n) is 2.68. The van der Waals surface area contributed by atoms with Crippen LogP contribution >= 0.6 is 15.9 Å². The minimum Gasteiger partial charge on any atom is -0.497 e. The van der Waals surface area contributed by atoms with Gasteiger partial charge in [-0.25, -0.2) is 0 Å². The highest BCUT2D eigenvalue weighted by atomic mass is 79.9. The lowest BCUT2D eigenvalue weighted by molar-refractivity contribution is 0.415. The van der Waals surface area contributed by atoms with Crippen molar-refractivity contribution in [2.75, 3.05) is 7.11 Å². The Morgan fingerprint density at radius 2 is 1.71 bits per heavy atom. The second-order valence-electron chi connectivity index (χ2n) is 4.98. The first-order valence-corrected chi connectivity index (χ1v) is 8.05. The van der Waals surface area contributed by atoms with Gasteiger partial charge in [-0.15, -0.1) is 0 Å². The quantitative estimate of drug-likeness (QED) is 0.640. The largest absolute Gasteiger partial charge is 0.497 e. The second kappa shape index (κ2) is 7.46. The molecule has 0 bridgehead atoms. The maximum absolute atomic E-state index is 5.24. The summed E-state index contributed by atoms with van der Waals surface area (Å²) in [6.07, 6.45) is 3.30. The van der Waals surface area contributed by atoms with E-state index in [-0.39, 0.29) is 0 Å². The van der Waals surface area contributed by atoms with Crippen molar-refractivity contribution >= 4 is 21.5 Å². The predicted molar refractivity (Wildman–Crippen MR) is 93.8 cm³/mol. The summed E-state index contributed by atoms with van der Waals surface area (Å²) < 4.78 is 6.36. The van der Waals surface area contributed by atoms with Crippen LogP contribution in [-0.2, 0) is 0 Å². The summed E-state index contributed by atoms with van der Waals surface area (Å²) in [5.41, 5.74) is 3.97. The molecule has 1 atom stereocenters. The maximum Gasteiger partial charge on any atom is 0.118 e. The Morgan fingerprint density at radius 1 is 1.10 bits per heavy atom. The number of rotatable bonds is 5. The third-order valence-electron chi connectivity index (χ3n) is 3.79.